The molecule has 1 amide bonds. The molecule has 7 heteroatoms. The van der Waals surface area contributed by atoms with Crippen LogP contribution in [0.25, 0.3) is 11.4 Å². The molecular weight excluding hydrogens is 354 g/mol. The first-order valence-electron chi connectivity index (χ1n) is 8.83. The molecule has 6 nitrogen and oxygen atoms in total. The van der Waals surface area contributed by atoms with E-state index in [-0.39, 0.29) is 5.91 Å². The van der Waals surface area contributed by atoms with Crippen molar-refractivity contribution in [3.63, 3.8) is 0 Å². The smallest absolute Gasteiger partial charge is 0.223 e. The summed E-state index contributed by atoms with van der Waals surface area (Å²) in [5.74, 6) is 2.49. The van der Waals surface area contributed by atoms with Crippen molar-refractivity contribution in [1.82, 2.24) is 14.5 Å². The second-order valence-corrected chi connectivity index (χ2v) is 7.35. The Hall–Kier alpha value is -2.21. The summed E-state index contributed by atoms with van der Waals surface area (Å²) in [5, 5.41) is 0.479. The molecule has 1 saturated heterocycles. The van der Waals surface area contributed by atoms with E-state index >= 15 is 0 Å². The molecule has 1 aliphatic carbocycles. The fourth-order valence-electron chi connectivity index (χ4n) is 3.71. The molecule has 2 heterocycles. The van der Waals surface area contributed by atoms with Crippen molar-refractivity contribution in [3.8, 4) is 22.9 Å². The van der Waals surface area contributed by atoms with Gasteiger partial charge in [-0.2, -0.15) is 0 Å². The van der Waals surface area contributed by atoms with Crippen molar-refractivity contribution in [1.29, 1.82) is 0 Å². The molecule has 2 aromatic rings. The van der Waals surface area contributed by atoms with Gasteiger partial charge in [0.25, 0.3) is 0 Å². The Morgan fingerprint density at radius 3 is 2.77 bits per heavy atom. The van der Waals surface area contributed by atoms with Gasteiger partial charge in [0.15, 0.2) is 11.5 Å². The fraction of sp³-hybridized carbons (Fsp3) is 0.474. The van der Waals surface area contributed by atoms with Crippen LogP contribution in [0.3, 0.4) is 0 Å². The van der Waals surface area contributed by atoms with Crippen LogP contribution in [-0.2, 0) is 11.3 Å². The van der Waals surface area contributed by atoms with Crippen LogP contribution in [0.2, 0.25) is 5.02 Å². The topological polar surface area (TPSA) is 56.6 Å². The van der Waals surface area contributed by atoms with Crippen LogP contribution in [0, 0.1) is 5.92 Å². The fourth-order valence-corrected chi connectivity index (χ4v) is 4.00. The number of ether oxygens (including phenoxy) is 2. The van der Waals surface area contributed by atoms with Gasteiger partial charge in [0, 0.05) is 49.4 Å². The molecule has 1 saturated carbocycles. The van der Waals surface area contributed by atoms with Crippen LogP contribution >= 0.6 is 11.6 Å². The zero-order chi connectivity index (χ0) is 18.3. The van der Waals surface area contributed by atoms with Gasteiger partial charge in [-0.15, -0.1) is 0 Å². The van der Waals surface area contributed by atoms with Crippen LogP contribution in [-0.4, -0.2) is 47.2 Å². The normalized spacial score (nSPS) is 19.9. The molecular formula is C19H22ClN3O3. The number of benzene rings is 1. The van der Waals surface area contributed by atoms with Crippen LogP contribution in [0.5, 0.6) is 11.5 Å². The number of amides is 1. The van der Waals surface area contributed by atoms with E-state index in [1.54, 1.807) is 20.4 Å². The maximum Gasteiger partial charge on any atom is 0.223 e. The lowest BCUT2D eigenvalue weighted by Crippen LogP contribution is -2.27. The summed E-state index contributed by atoms with van der Waals surface area (Å²) in [7, 11) is 3.15. The Morgan fingerprint density at radius 1 is 1.27 bits per heavy atom. The number of nitrogens with zero attached hydrogens (tertiary/aromatic N) is 3. The standard InChI is InChI=1S/C19H22ClN3O3/c1-25-16-9-13(8-15(20)18(16)26-2)19-21-5-6-22(19)10-12-7-17(24)23(11-12)14-3-4-14/h5-6,8-9,12,14H,3-4,7,10-11H2,1-2H3. The molecule has 0 bridgehead atoms. The number of methoxy groups -OCH3 is 2. The lowest BCUT2D eigenvalue weighted by atomic mass is 10.1. The molecule has 1 aromatic heterocycles. The second-order valence-electron chi connectivity index (χ2n) is 6.94. The summed E-state index contributed by atoms with van der Waals surface area (Å²) in [4.78, 5) is 18.7. The zero-order valence-electron chi connectivity index (χ0n) is 14.9. The third-order valence-corrected chi connectivity index (χ3v) is 5.37. The Labute approximate surface area is 157 Å². The molecule has 0 N–H and O–H groups in total. The summed E-state index contributed by atoms with van der Waals surface area (Å²) in [6, 6.07) is 4.19. The molecule has 2 aliphatic rings. The van der Waals surface area contributed by atoms with E-state index in [1.165, 1.54) is 0 Å². The first-order chi connectivity index (χ1) is 12.6. The monoisotopic (exact) mass is 375 g/mol. The van der Waals surface area contributed by atoms with Crippen molar-refractivity contribution >= 4 is 17.5 Å². The van der Waals surface area contributed by atoms with Gasteiger partial charge in [-0.05, 0) is 25.0 Å². The van der Waals surface area contributed by atoms with Crippen molar-refractivity contribution in [2.24, 2.45) is 5.92 Å². The Balaban J connectivity index is 1.57. The van der Waals surface area contributed by atoms with Gasteiger partial charge in [0.2, 0.25) is 5.91 Å². The van der Waals surface area contributed by atoms with E-state index < -0.39 is 0 Å². The van der Waals surface area contributed by atoms with Crippen LogP contribution in [0.15, 0.2) is 24.5 Å². The van der Waals surface area contributed by atoms with Gasteiger partial charge in [0.1, 0.15) is 5.82 Å². The molecule has 1 unspecified atom stereocenters. The number of imidazole rings is 1. The van der Waals surface area contributed by atoms with E-state index in [4.69, 9.17) is 21.1 Å². The predicted octanol–water partition coefficient (Wildman–Crippen LogP) is 3.23. The maximum absolute atomic E-state index is 12.2. The third-order valence-electron chi connectivity index (χ3n) is 5.09. The van der Waals surface area contributed by atoms with Crippen LogP contribution in [0.1, 0.15) is 19.3 Å². The molecule has 2 fully saturated rings. The van der Waals surface area contributed by atoms with Crippen molar-refractivity contribution in [2.75, 3.05) is 20.8 Å². The molecule has 1 aromatic carbocycles. The van der Waals surface area contributed by atoms with Gasteiger partial charge in [-0.1, -0.05) is 11.6 Å². The van der Waals surface area contributed by atoms with Crippen molar-refractivity contribution in [2.45, 2.75) is 31.8 Å². The summed E-state index contributed by atoms with van der Waals surface area (Å²) in [6.45, 7) is 1.60. The van der Waals surface area contributed by atoms with Crippen LogP contribution in [0.4, 0.5) is 0 Å². The summed E-state index contributed by atoms with van der Waals surface area (Å²) < 4.78 is 12.8. The van der Waals surface area contributed by atoms with E-state index in [9.17, 15) is 4.79 Å². The zero-order valence-corrected chi connectivity index (χ0v) is 15.7. The van der Waals surface area contributed by atoms with Gasteiger partial charge in [0.05, 0.1) is 19.2 Å². The van der Waals surface area contributed by atoms with Gasteiger partial charge >= 0.3 is 0 Å². The van der Waals surface area contributed by atoms with E-state index in [2.05, 4.69) is 14.5 Å². The Morgan fingerprint density at radius 2 is 2.08 bits per heavy atom. The maximum atomic E-state index is 12.2. The molecule has 0 spiro atoms. The first kappa shape index (κ1) is 17.2. The van der Waals surface area contributed by atoms with E-state index in [0.29, 0.717) is 34.9 Å². The minimum absolute atomic E-state index is 0.285. The number of aromatic nitrogens is 2. The lowest BCUT2D eigenvalue weighted by Gasteiger charge is -2.17. The highest BCUT2D eigenvalue weighted by Gasteiger charge is 2.39. The SMILES string of the molecule is COc1cc(-c2nccn2CC2CC(=O)N(C3CC3)C2)cc(Cl)c1OC. The third kappa shape index (κ3) is 3.14. The van der Waals surface area contributed by atoms with Crippen molar-refractivity contribution in [3.05, 3.63) is 29.5 Å². The van der Waals surface area contributed by atoms with Crippen LogP contribution < -0.4 is 9.47 Å². The lowest BCUT2D eigenvalue weighted by molar-refractivity contribution is -0.128. The molecule has 0 radical (unpaired) electrons. The Bertz CT molecular complexity index is 831. The number of likely N-dealkylation sites (tertiary alicyclic amines) is 1. The molecule has 4 rings (SSSR count). The van der Waals surface area contributed by atoms with E-state index in [0.717, 1.165) is 37.3 Å². The number of rotatable bonds is 6. The average molecular weight is 376 g/mol. The molecule has 1 atom stereocenters. The molecule has 1 aliphatic heterocycles. The van der Waals surface area contributed by atoms with E-state index in [1.807, 2.05) is 18.3 Å². The highest BCUT2D eigenvalue weighted by atomic mass is 35.5. The average Bonchev–Trinajstić information content (AvgIpc) is 3.26. The number of halogens is 1. The van der Waals surface area contributed by atoms with Gasteiger partial charge in [-0.25, -0.2) is 4.98 Å². The minimum Gasteiger partial charge on any atom is -0.493 e. The number of hydrogen-bond donors (Lipinski definition) is 0. The summed E-state index contributed by atoms with van der Waals surface area (Å²) >= 11 is 6.34. The second kappa shape index (κ2) is 6.83. The highest BCUT2D eigenvalue weighted by Crippen LogP contribution is 2.39. The molecule has 138 valence electrons. The van der Waals surface area contributed by atoms with Crippen molar-refractivity contribution < 1.29 is 14.3 Å². The highest BCUT2D eigenvalue weighted by molar-refractivity contribution is 6.32. The predicted molar refractivity (Wildman–Crippen MR) is 98.6 cm³/mol. The number of carbonyl (C=O) groups is 1. The summed E-state index contributed by atoms with van der Waals surface area (Å²) in [5.41, 5.74) is 0.862. The quantitative estimate of drug-likeness (QED) is 0.777. The first-order valence-corrected chi connectivity index (χ1v) is 9.21. The number of hydrogen-bond acceptors (Lipinski definition) is 4. The molecule has 26 heavy (non-hydrogen) atoms. The Kier molecular flexibility index (Phi) is 4.53. The largest absolute Gasteiger partial charge is 0.493 e. The number of carbonyl (C=O) groups excluding carboxylic acids is 1. The van der Waals surface area contributed by atoms with Gasteiger partial charge < -0.3 is 18.9 Å². The van der Waals surface area contributed by atoms with Gasteiger partial charge in [-0.3, -0.25) is 4.79 Å². The summed E-state index contributed by atoms with van der Waals surface area (Å²) in [6.07, 6.45) is 6.64. The minimum atomic E-state index is 0.285.